The summed E-state index contributed by atoms with van der Waals surface area (Å²) in [6, 6.07) is 9.51. The molecule has 1 fully saturated rings. The van der Waals surface area contributed by atoms with Crippen molar-refractivity contribution < 1.29 is 29.0 Å². The fraction of sp³-hybridized carbons (Fsp3) is 0.192. The Morgan fingerprint density at radius 3 is 2.47 bits per heavy atom. The number of nitrogens with zero attached hydrogens (tertiary/aromatic N) is 1. The molecular weight excluding hydrogens is 436 g/mol. The molecule has 3 rings (SSSR count). The van der Waals surface area contributed by atoms with Crippen LogP contribution in [-0.2, 0) is 17.8 Å². The Kier molecular flexibility index (Phi) is 7.87. The van der Waals surface area contributed by atoms with Crippen molar-refractivity contribution in [3.63, 3.8) is 0 Å². The summed E-state index contributed by atoms with van der Waals surface area (Å²) in [5.41, 5.74) is 2.59. The summed E-state index contributed by atoms with van der Waals surface area (Å²) in [6.07, 6.45) is 5.28. The average molecular weight is 463 g/mol. The molecule has 2 aromatic rings. The van der Waals surface area contributed by atoms with E-state index in [1.54, 1.807) is 30.4 Å². The quantitative estimate of drug-likeness (QED) is 0.295. The molecule has 0 radical (unpaired) electrons. The molecule has 1 aliphatic rings. The van der Waals surface area contributed by atoms with Crippen LogP contribution in [0.5, 0.6) is 11.5 Å². The topological polar surface area (TPSA) is 105 Å². The zero-order chi connectivity index (χ0) is 24.7. The second-order valence-electron chi connectivity index (χ2n) is 7.42. The first-order valence-corrected chi connectivity index (χ1v) is 10.7. The maximum Gasteiger partial charge on any atom is 0.335 e. The largest absolute Gasteiger partial charge is 0.490 e. The second kappa shape index (κ2) is 11.0. The first kappa shape index (κ1) is 24.3. The van der Waals surface area contributed by atoms with Gasteiger partial charge in [0.25, 0.3) is 5.91 Å². The van der Waals surface area contributed by atoms with E-state index in [2.05, 4.69) is 18.5 Å². The number of hydrogen-bond donors (Lipinski definition) is 2. The number of benzene rings is 2. The van der Waals surface area contributed by atoms with Gasteiger partial charge >= 0.3 is 12.0 Å². The molecule has 8 nitrogen and oxygen atoms in total. The molecular formula is C26H26N2O6. The van der Waals surface area contributed by atoms with Crippen LogP contribution in [0.25, 0.3) is 6.08 Å². The van der Waals surface area contributed by atoms with Gasteiger partial charge in [0, 0.05) is 12.1 Å². The molecule has 8 heteroatoms. The van der Waals surface area contributed by atoms with Gasteiger partial charge in [0.1, 0.15) is 12.3 Å². The Morgan fingerprint density at radius 1 is 1.12 bits per heavy atom. The number of allylic oxidation sites excluding steroid dienone is 1. The van der Waals surface area contributed by atoms with Crippen LogP contribution in [0, 0.1) is 0 Å². The minimum absolute atomic E-state index is 0.119. The minimum atomic E-state index is -0.992. The van der Waals surface area contributed by atoms with Crippen molar-refractivity contribution in [1.29, 1.82) is 0 Å². The highest BCUT2D eigenvalue weighted by Crippen LogP contribution is 2.35. The van der Waals surface area contributed by atoms with Gasteiger partial charge in [-0.25, -0.2) is 9.59 Å². The Morgan fingerprint density at radius 2 is 1.85 bits per heavy atom. The summed E-state index contributed by atoms with van der Waals surface area (Å²) in [7, 11) is 0. The number of carboxylic acids is 1. The third-order valence-electron chi connectivity index (χ3n) is 4.99. The molecule has 0 aliphatic carbocycles. The van der Waals surface area contributed by atoms with Crippen LogP contribution in [0.2, 0.25) is 0 Å². The molecule has 0 aromatic heterocycles. The van der Waals surface area contributed by atoms with Crippen LogP contribution in [-0.4, -0.2) is 41.1 Å². The van der Waals surface area contributed by atoms with Gasteiger partial charge in [0.05, 0.1) is 12.2 Å². The first-order valence-electron chi connectivity index (χ1n) is 10.7. The zero-order valence-electron chi connectivity index (χ0n) is 18.9. The van der Waals surface area contributed by atoms with E-state index in [1.807, 2.05) is 13.0 Å². The monoisotopic (exact) mass is 462 g/mol. The van der Waals surface area contributed by atoms with Crippen molar-refractivity contribution in [2.24, 2.45) is 0 Å². The number of carboxylic acid groups (broad SMARTS) is 1. The number of urea groups is 1. The van der Waals surface area contributed by atoms with E-state index in [4.69, 9.17) is 14.6 Å². The van der Waals surface area contributed by atoms with Gasteiger partial charge in [-0.2, -0.15) is 0 Å². The van der Waals surface area contributed by atoms with Crippen LogP contribution >= 0.6 is 0 Å². The number of nitrogens with one attached hydrogen (secondary N) is 1. The maximum absolute atomic E-state index is 12.5. The lowest BCUT2D eigenvalue weighted by atomic mass is 10.0. The van der Waals surface area contributed by atoms with Gasteiger partial charge in [-0.05, 0) is 54.8 Å². The summed E-state index contributed by atoms with van der Waals surface area (Å²) in [6.45, 7) is 9.94. The number of hydrogen-bond acceptors (Lipinski definition) is 5. The van der Waals surface area contributed by atoms with Crippen molar-refractivity contribution in [1.82, 2.24) is 10.2 Å². The molecule has 0 spiro atoms. The number of amides is 3. The van der Waals surface area contributed by atoms with E-state index < -0.39 is 17.9 Å². The Labute approximate surface area is 197 Å². The summed E-state index contributed by atoms with van der Waals surface area (Å²) in [5, 5.41) is 11.6. The number of carbonyl (C=O) groups is 3. The van der Waals surface area contributed by atoms with Gasteiger partial charge in [-0.3, -0.25) is 9.69 Å². The van der Waals surface area contributed by atoms with Crippen molar-refractivity contribution >= 4 is 24.0 Å². The summed E-state index contributed by atoms with van der Waals surface area (Å²) in [5.74, 6) is -0.413. The van der Waals surface area contributed by atoms with Gasteiger partial charge in [-0.15, -0.1) is 13.2 Å². The van der Waals surface area contributed by atoms with E-state index in [1.165, 1.54) is 18.2 Å². The molecule has 34 heavy (non-hydrogen) atoms. The molecule has 1 heterocycles. The minimum Gasteiger partial charge on any atom is -0.490 e. The highest BCUT2D eigenvalue weighted by molar-refractivity contribution is 6.14. The Bertz CT molecular complexity index is 1150. The SMILES string of the molecule is C=CCc1cc(/C=C2/NC(=O)N(CC=C)C2=O)cc(OCC)c1OCc1ccc(C(=O)O)cc1. The molecule has 1 saturated heterocycles. The molecule has 2 aromatic carbocycles. The lowest BCUT2D eigenvalue weighted by Gasteiger charge is -2.17. The highest BCUT2D eigenvalue weighted by Gasteiger charge is 2.32. The van der Waals surface area contributed by atoms with E-state index in [0.717, 1.165) is 16.0 Å². The normalized spacial score (nSPS) is 14.1. The molecule has 0 saturated carbocycles. The summed E-state index contributed by atoms with van der Waals surface area (Å²) >= 11 is 0. The van der Waals surface area contributed by atoms with Gasteiger partial charge in [0.15, 0.2) is 11.5 Å². The molecule has 2 N–H and O–H groups in total. The number of aromatic carboxylic acids is 1. The maximum atomic E-state index is 12.5. The van der Waals surface area contributed by atoms with Crippen molar-refractivity contribution in [3.05, 3.63) is 89.7 Å². The smallest absolute Gasteiger partial charge is 0.335 e. The van der Waals surface area contributed by atoms with E-state index >= 15 is 0 Å². The zero-order valence-corrected chi connectivity index (χ0v) is 18.9. The molecule has 3 amide bonds. The standard InChI is InChI=1S/C26H26N2O6/c1-4-7-20-13-18(14-21-24(29)28(12-5-2)26(32)27-21)15-22(33-6-3)23(20)34-16-17-8-10-19(11-9-17)25(30)31/h4-5,8-11,13-15H,1-2,6-7,12,16H2,3H3,(H,27,32)(H,30,31)/b21-14+. The Hall–Kier alpha value is -4.33. The average Bonchev–Trinajstić information content (AvgIpc) is 3.07. The molecule has 1 aliphatic heterocycles. The first-order chi connectivity index (χ1) is 16.4. The van der Waals surface area contributed by atoms with Gasteiger partial charge in [-0.1, -0.05) is 24.3 Å². The third-order valence-corrected chi connectivity index (χ3v) is 4.99. The molecule has 0 atom stereocenters. The third kappa shape index (κ3) is 5.53. The van der Waals surface area contributed by atoms with Crippen molar-refractivity contribution in [2.45, 2.75) is 20.0 Å². The lowest BCUT2D eigenvalue weighted by Crippen LogP contribution is -2.30. The second-order valence-corrected chi connectivity index (χ2v) is 7.42. The molecule has 0 unspecified atom stereocenters. The predicted molar refractivity (Wildman–Crippen MR) is 128 cm³/mol. The highest BCUT2D eigenvalue weighted by atomic mass is 16.5. The van der Waals surface area contributed by atoms with Gasteiger partial charge in [0.2, 0.25) is 0 Å². The fourth-order valence-electron chi connectivity index (χ4n) is 3.43. The van der Waals surface area contributed by atoms with E-state index in [-0.39, 0.29) is 24.4 Å². The van der Waals surface area contributed by atoms with Crippen molar-refractivity contribution in [2.75, 3.05) is 13.2 Å². The number of carbonyl (C=O) groups excluding carboxylic acids is 2. The number of rotatable bonds is 11. The van der Waals surface area contributed by atoms with Crippen LogP contribution < -0.4 is 14.8 Å². The number of ether oxygens (including phenoxy) is 2. The van der Waals surface area contributed by atoms with Crippen LogP contribution in [0.3, 0.4) is 0 Å². The summed E-state index contributed by atoms with van der Waals surface area (Å²) < 4.78 is 11.9. The molecule has 176 valence electrons. The lowest BCUT2D eigenvalue weighted by molar-refractivity contribution is -0.122. The fourth-order valence-corrected chi connectivity index (χ4v) is 3.43. The summed E-state index contributed by atoms with van der Waals surface area (Å²) in [4.78, 5) is 36.7. The van der Waals surface area contributed by atoms with Crippen LogP contribution in [0.4, 0.5) is 4.79 Å². The van der Waals surface area contributed by atoms with Crippen molar-refractivity contribution in [3.8, 4) is 11.5 Å². The van der Waals surface area contributed by atoms with Crippen LogP contribution in [0.1, 0.15) is 34.0 Å². The Balaban J connectivity index is 1.92. The van der Waals surface area contributed by atoms with E-state index in [9.17, 15) is 14.4 Å². The van der Waals surface area contributed by atoms with E-state index in [0.29, 0.717) is 30.1 Å². The van der Waals surface area contributed by atoms with Gasteiger partial charge < -0.3 is 19.9 Å². The molecule has 0 bridgehead atoms. The van der Waals surface area contributed by atoms with Crippen LogP contribution in [0.15, 0.2) is 67.4 Å². The number of imide groups is 1. The predicted octanol–water partition coefficient (Wildman–Crippen LogP) is 4.17.